The monoisotopic (exact) mass is 461 g/mol. The third-order valence-electron chi connectivity index (χ3n) is 3.94. The molecule has 0 heterocycles. The standard InChI is InChI=1S/C22H27N3O6S/c1-6-13-23-32(28,29)17-10-7-15(8-11-17)20(26)24-16-9-12-19(30-5)18(14-16)25-21(27)31-22(2,3)4/h6-12,14,23H,1,13H2,2-5H3,(H,24,26)(H,25,27). The summed E-state index contributed by atoms with van der Waals surface area (Å²) in [4.78, 5) is 24.7. The number of sulfonamides is 1. The maximum absolute atomic E-state index is 12.6. The SMILES string of the molecule is C=CCNS(=O)(=O)c1ccc(C(=O)Nc2ccc(OC)c(NC(=O)OC(C)(C)C)c2)cc1. The second-order valence-electron chi connectivity index (χ2n) is 7.66. The summed E-state index contributed by atoms with van der Waals surface area (Å²) in [6.07, 6.45) is 0.765. The summed E-state index contributed by atoms with van der Waals surface area (Å²) in [5, 5.41) is 5.29. The van der Waals surface area contributed by atoms with Gasteiger partial charge in [-0.3, -0.25) is 10.1 Å². The summed E-state index contributed by atoms with van der Waals surface area (Å²) in [7, 11) is -2.23. The van der Waals surface area contributed by atoms with E-state index >= 15 is 0 Å². The van der Waals surface area contributed by atoms with Crippen LogP contribution >= 0.6 is 0 Å². The Morgan fingerprint density at radius 2 is 1.72 bits per heavy atom. The second kappa shape index (κ2) is 10.3. The van der Waals surface area contributed by atoms with Crippen LogP contribution in [0.3, 0.4) is 0 Å². The van der Waals surface area contributed by atoms with Crippen molar-refractivity contribution in [2.75, 3.05) is 24.3 Å². The lowest BCUT2D eigenvalue weighted by Gasteiger charge is -2.20. The number of anilines is 2. The van der Waals surface area contributed by atoms with Crippen molar-refractivity contribution in [1.29, 1.82) is 0 Å². The third-order valence-corrected chi connectivity index (χ3v) is 5.38. The molecule has 2 amide bonds. The van der Waals surface area contributed by atoms with Crippen molar-refractivity contribution >= 4 is 33.4 Å². The van der Waals surface area contributed by atoms with Crippen molar-refractivity contribution in [1.82, 2.24) is 4.72 Å². The Hall–Kier alpha value is -3.37. The van der Waals surface area contributed by atoms with Crippen molar-refractivity contribution in [3.05, 3.63) is 60.7 Å². The second-order valence-corrected chi connectivity index (χ2v) is 9.43. The first-order valence-electron chi connectivity index (χ1n) is 9.65. The van der Waals surface area contributed by atoms with Crippen LogP contribution in [0.15, 0.2) is 60.0 Å². The van der Waals surface area contributed by atoms with E-state index in [1.807, 2.05) is 0 Å². The average molecular weight is 462 g/mol. The smallest absolute Gasteiger partial charge is 0.412 e. The van der Waals surface area contributed by atoms with E-state index < -0.39 is 27.6 Å². The highest BCUT2D eigenvalue weighted by Crippen LogP contribution is 2.28. The maximum Gasteiger partial charge on any atom is 0.412 e. The summed E-state index contributed by atoms with van der Waals surface area (Å²) in [5.41, 5.74) is 0.287. The van der Waals surface area contributed by atoms with E-state index in [1.54, 1.807) is 32.9 Å². The lowest BCUT2D eigenvalue weighted by atomic mass is 10.2. The molecule has 2 rings (SSSR count). The van der Waals surface area contributed by atoms with Gasteiger partial charge in [-0.1, -0.05) is 6.08 Å². The van der Waals surface area contributed by atoms with Gasteiger partial charge in [0.15, 0.2) is 0 Å². The van der Waals surface area contributed by atoms with E-state index in [0.29, 0.717) is 17.1 Å². The molecular formula is C22H27N3O6S. The Morgan fingerprint density at radius 1 is 1.06 bits per heavy atom. The number of benzene rings is 2. The van der Waals surface area contributed by atoms with Crippen LogP contribution in [0, 0.1) is 0 Å². The van der Waals surface area contributed by atoms with Gasteiger partial charge in [0.1, 0.15) is 11.4 Å². The van der Waals surface area contributed by atoms with Crippen LogP contribution in [0.4, 0.5) is 16.2 Å². The number of methoxy groups -OCH3 is 1. The zero-order chi connectivity index (χ0) is 23.9. The molecule has 0 bridgehead atoms. The van der Waals surface area contributed by atoms with Crippen LogP contribution in [0.5, 0.6) is 5.75 Å². The number of nitrogens with one attached hydrogen (secondary N) is 3. The van der Waals surface area contributed by atoms with Gasteiger partial charge < -0.3 is 14.8 Å². The molecule has 10 heteroatoms. The topological polar surface area (TPSA) is 123 Å². The van der Waals surface area contributed by atoms with E-state index in [1.165, 1.54) is 43.5 Å². The predicted octanol–water partition coefficient (Wildman–Crippen LogP) is 3.76. The summed E-state index contributed by atoms with van der Waals surface area (Å²) in [6, 6.07) is 10.2. The Balaban J connectivity index is 2.15. The van der Waals surface area contributed by atoms with Gasteiger partial charge in [-0.15, -0.1) is 6.58 Å². The van der Waals surface area contributed by atoms with Gasteiger partial charge in [0.25, 0.3) is 5.91 Å². The minimum atomic E-state index is -3.68. The fraction of sp³-hybridized carbons (Fsp3) is 0.273. The van der Waals surface area contributed by atoms with Gasteiger partial charge in [0.05, 0.1) is 17.7 Å². The largest absolute Gasteiger partial charge is 0.495 e. The molecule has 0 atom stereocenters. The van der Waals surface area contributed by atoms with E-state index in [2.05, 4.69) is 21.9 Å². The van der Waals surface area contributed by atoms with Crippen LogP contribution in [0.2, 0.25) is 0 Å². The van der Waals surface area contributed by atoms with Crippen LogP contribution in [-0.2, 0) is 14.8 Å². The Bertz CT molecular complexity index is 1090. The molecule has 0 fully saturated rings. The average Bonchev–Trinajstić information content (AvgIpc) is 2.71. The van der Waals surface area contributed by atoms with Gasteiger partial charge in [0.2, 0.25) is 10.0 Å². The fourth-order valence-corrected chi connectivity index (χ4v) is 3.54. The molecule has 32 heavy (non-hydrogen) atoms. The molecule has 2 aromatic carbocycles. The zero-order valence-electron chi connectivity index (χ0n) is 18.4. The van der Waals surface area contributed by atoms with E-state index in [4.69, 9.17) is 9.47 Å². The molecule has 0 aromatic heterocycles. The first-order chi connectivity index (χ1) is 14.9. The van der Waals surface area contributed by atoms with Gasteiger partial charge >= 0.3 is 6.09 Å². The van der Waals surface area contributed by atoms with Crippen LogP contribution in [0.25, 0.3) is 0 Å². The molecule has 3 N–H and O–H groups in total. The van der Waals surface area contributed by atoms with Crippen LogP contribution in [0.1, 0.15) is 31.1 Å². The van der Waals surface area contributed by atoms with Crippen LogP contribution < -0.4 is 20.1 Å². The highest BCUT2D eigenvalue weighted by atomic mass is 32.2. The molecule has 0 aliphatic rings. The van der Waals surface area contributed by atoms with Crippen molar-refractivity contribution in [2.24, 2.45) is 0 Å². The number of ether oxygens (including phenoxy) is 2. The summed E-state index contributed by atoms with van der Waals surface area (Å²) in [6.45, 7) is 8.79. The molecule has 0 unspecified atom stereocenters. The van der Waals surface area contributed by atoms with Crippen LogP contribution in [-0.4, -0.2) is 39.7 Å². The number of hydrogen-bond donors (Lipinski definition) is 3. The predicted molar refractivity (Wildman–Crippen MR) is 123 cm³/mol. The van der Waals surface area contributed by atoms with E-state index in [9.17, 15) is 18.0 Å². The number of carbonyl (C=O) groups excluding carboxylic acids is 2. The van der Waals surface area contributed by atoms with Gasteiger partial charge in [-0.05, 0) is 63.2 Å². The summed E-state index contributed by atoms with van der Waals surface area (Å²) >= 11 is 0. The van der Waals surface area contributed by atoms with Crippen molar-refractivity contribution in [3.8, 4) is 5.75 Å². The molecule has 0 aliphatic carbocycles. The quantitative estimate of drug-likeness (QED) is 0.515. The molecule has 0 radical (unpaired) electrons. The molecule has 0 saturated heterocycles. The molecular weight excluding hydrogens is 434 g/mol. The van der Waals surface area contributed by atoms with Crippen molar-refractivity contribution < 1.29 is 27.5 Å². The van der Waals surface area contributed by atoms with Gasteiger partial charge in [-0.2, -0.15) is 0 Å². The molecule has 0 spiro atoms. The number of rotatable bonds is 8. The van der Waals surface area contributed by atoms with Gasteiger partial charge in [-0.25, -0.2) is 17.9 Å². The first kappa shape index (κ1) is 24.9. The first-order valence-corrected chi connectivity index (χ1v) is 11.1. The number of carbonyl (C=O) groups is 2. The Morgan fingerprint density at radius 3 is 2.28 bits per heavy atom. The van der Waals surface area contributed by atoms with Crippen molar-refractivity contribution in [2.45, 2.75) is 31.3 Å². The third kappa shape index (κ3) is 7.10. The molecule has 2 aromatic rings. The zero-order valence-corrected chi connectivity index (χ0v) is 19.2. The highest BCUT2D eigenvalue weighted by Gasteiger charge is 2.18. The molecule has 172 valence electrons. The maximum atomic E-state index is 12.6. The molecule has 9 nitrogen and oxygen atoms in total. The normalized spacial score (nSPS) is 11.4. The number of hydrogen-bond acceptors (Lipinski definition) is 6. The Labute approximate surface area is 187 Å². The highest BCUT2D eigenvalue weighted by molar-refractivity contribution is 7.89. The number of amides is 2. The Kier molecular flexibility index (Phi) is 8.01. The fourth-order valence-electron chi connectivity index (χ4n) is 2.54. The minimum absolute atomic E-state index is 0.0317. The van der Waals surface area contributed by atoms with E-state index in [-0.39, 0.29) is 17.0 Å². The molecule has 0 aliphatic heterocycles. The lowest BCUT2D eigenvalue weighted by molar-refractivity contribution is 0.0635. The van der Waals surface area contributed by atoms with E-state index in [0.717, 1.165) is 0 Å². The minimum Gasteiger partial charge on any atom is -0.495 e. The molecule has 0 saturated carbocycles. The summed E-state index contributed by atoms with van der Waals surface area (Å²) < 4.78 is 37.1. The van der Waals surface area contributed by atoms with Gasteiger partial charge in [0, 0.05) is 17.8 Å². The lowest BCUT2D eigenvalue weighted by Crippen LogP contribution is -2.27. The summed E-state index contributed by atoms with van der Waals surface area (Å²) in [5.74, 6) is -0.0724. The van der Waals surface area contributed by atoms with Crippen molar-refractivity contribution in [3.63, 3.8) is 0 Å².